The van der Waals surface area contributed by atoms with Gasteiger partial charge in [-0.1, -0.05) is 23.9 Å². The topological polar surface area (TPSA) is 129 Å². The highest BCUT2D eigenvalue weighted by molar-refractivity contribution is 8.14. The van der Waals surface area contributed by atoms with Gasteiger partial charge in [-0.05, 0) is 19.1 Å². The van der Waals surface area contributed by atoms with Gasteiger partial charge in [-0.2, -0.15) is 5.26 Å². The number of hydrogen-bond donors (Lipinski definition) is 2. The molecule has 0 spiro atoms. The fourth-order valence-electron chi connectivity index (χ4n) is 2.26. The van der Waals surface area contributed by atoms with Crippen molar-refractivity contribution in [1.82, 2.24) is 10.2 Å². The normalized spacial score (nSPS) is 13.9. The van der Waals surface area contributed by atoms with Gasteiger partial charge in [0, 0.05) is 19.3 Å². The lowest BCUT2D eigenvalue weighted by atomic mass is 10.1. The second kappa shape index (κ2) is 10.1. The molecule has 1 saturated heterocycles. The smallest absolute Gasteiger partial charge is 0.340 e. The number of benzene rings is 1. The summed E-state index contributed by atoms with van der Waals surface area (Å²) in [6, 6.07) is 8.05. The van der Waals surface area contributed by atoms with Gasteiger partial charge in [0.05, 0.1) is 23.6 Å². The van der Waals surface area contributed by atoms with Gasteiger partial charge in [0.1, 0.15) is 11.6 Å². The van der Waals surface area contributed by atoms with Gasteiger partial charge in [0.25, 0.3) is 11.1 Å². The first-order valence-corrected chi connectivity index (χ1v) is 9.34. The van der Waals surface area contributed by atoms with E-state index in [0.29, 0.717) is 0 Å². The van der Waals surface area contributed by atoms with Crippen LogP contribution >= 0.6 is 11.8 Å². The predicted octanol–water partition coefficient (Wildman–Crippen LogP) is 1.49. The summed E-state index contributed by atoms with van der Waals surface area (Å²) in [6.45, 7) is 2.18. The minimum atomic E-state index is -0.712. The van der Waals surface area contributed by atoms with E-state index in [9.17, 15) is 24.4 Å². The molecule has 0 unspecified atom stereocenters. The van der Waals surface area contributed by atoms with Crippen LogP contribution in [0.4, 0.5) is 10.5 Å². The summed E-state index contributed by atoms with van der Waals surface area (Å²) in [4.78, 5) is 48.4. The number of carbonyl (C=O) groups excluding carboxylic acids is 4. The average Bonchev–Trinajstić information content (AvgIpc) is 3.00. The zero-order valence-corrected chi connectivity index (χ0v) is 15.9. The van der Waals surface area contributed by atoms with Crippen LogP contribution in [-0.2, 0) is 14.3 Å². The van der Waals surface area contributed by atoms with Crippen molar-refractivity contribution in [3.63, 3.8) is 0 Å². The third-order valence-electron chi connectivity index (χ3n) is 3.60. The fraction of sp³-hybridized carbons (Fsp3) is 0.278. The molecule has 1 fully saturated rings. The lowest BCUT2D eigenvalue weighted by Gasteiger charge is -2.12. The van der Waals surface area contributed by atoms with Crippen molar-refractivity contribution in [3.05, 3.63) is 41.6 Å². The second-order valence-corrected chi connectivity index (χ2v) is 6.37. The number of ether oxygens (including phenoxy) is 1. The van der Waals surface area contributed by atoms with E-state index in [1.165, 1.54) is 18.3 Å². The number of nitrogens with one attached hydrogen (secondary N) is 2. The predicted molar refractivity (Wildman–Crippen MR) is 102 cm³/mol. The van der Waals surface area contributed by atoms with E-state index >= 15 is 0 Å². The second-order valence-electron chi connectivity index (χ2n) is 5.44. The number of amides is 3. The number of thioether (sulfide) groups is 1. The Balaban J connectivity index is 1.97. The molecule has 9 nitrogen and oxygen atoms in total. The van der Waals surface area contributed by atoms with Crippen molar-refractivity contribution in [2.24, 2.45) is 0 Å². The SMILES string of the molecule is CCOC(=O)c1ccccc1NC(=O)/C(C#N)=C\NCCN1C(=O)CSC1=O. The van der Waals surface area contributed by atoms with Crippen molar-refractivity contribution < 1.29 is 23.9 Å². The zero-order chi connectivity index (χ0) is 20.5. The van der Waals surface area contributed by atoms with E-state index in [1.54, 1.807) is 25.1 Å². The molecule has 1 aromatic carbocycles. The molecule has 2 N–H and O–H groups in total. The molecule has 0 atom stereocenters. The van der Waals surface area contributed by atoms with Gasteiger partial charge in [-0.15, -0.1) is 0 Å². The number of imide groups is 1. The molecular formula is C18H18N4O5S. The number of rotatable bonds is 8. The Morgan fingerprint density at radius 3 is 2.75 bits per heavy atom. The van der Waals surface area contributed by atoms with Crippen LogP contribution in [0.25, 0.3) is 0 Å². The molecule has 2 rings (SSSR count). The molecule has 0 radical (unpaired) electrons. The standard InChI is InChI=1S/C18H18N4O5S/c1-2-27-17(25)13-5-3-4-6-14(13)21-16(24)12(9-19)10-20-7-8-22-15(23)11-28-18(22)26/h3-6,10,20H,2,7-8,11H2,1H3,(H,21,24)/b12-10-. The van der Waals surface area contributed by atoms with Crippen molar-refractivity contribution in [2.45, 2.75) is 6.92 Å². The van der Waals surface area contributed by atoms with Crippen molar-refractivity contribution in [2.75, 3.05) is 30.8 Å². The van der Waals surface area contributed by atoms with E-state index in [2.05, 4.69) is 10.6 Å². The summed E-state index contributed by atoms with van der Waals surface area (Å²) in [6.07, 6.45) is 1.19. The Hall–Kier alpha value is -3.32. The van der Waals surface area contributed by atoms with Crippen molar-refractivity contribution >= 4 is 40.5 Å². The number of esters is 1. The Bertz CT molecular complexity index is 846. The van der Waals surface area contributed by atoms with Crippen LogP contribution < -0.4 is 10.6 Å². The molecule has 28 heavy (non-hydrogen) atoms. The molecule has 3 amide bonds. The summed E-state index contributed by atoms with van der Waals surface area (Å²) in [5.41, 5.74) is 0.163. The molecule has 1 aliphatic heterocycles. The van der Waals surface area contributed by atoms with E-state index < -0.39 is 11.9 Å². The van der Waals surface area contributed by atoms with Crippen molar-refractivity contribution in [1.29, 1.82) is 5.26 Å². The first-order chi connectivity index (χ1) is 13.5. The van der Waals surface area contributed by atoms with Gasteiger partial charge in [-0.25, -0.2) is 4.79 Å². The van der Waals surface area contributed by atoms with E-state index in [0.717, 1.165) is 16.7 Å². The van der Waals surface area contributed by atoms with Crippen LogP contribution in [0.1, 0.15) is 17.3 Å². The monoisotopic (exact) mass is 402 g/mol. The highest BCUT2D eigenvalue weighted by Gasteiger charge is 2.29. The Morgan fingerprint density at radius 2 is 2.11 bits per heavy atom. The van der Waals surface area contributed by atoms with Crippen LogP contribution in [0.2, 0.25) is 0 Å². The maximum atomic E-state index is 12.3. The molecule has 1 heterocycles. The average molecular weight is 402 g/mol. The summed E-state index contributed by atoms with van der Waals surface area (Å²) in [5.74, 6) is -1.44. The minimum absolute atomic E-state index is 0.125. The van der Waals surface area contributed by atoms with Gasteiger partial charge in [0.2, 0.25) is 5.91 Å². The van der Waals surface area contributed by atoms with Gasteiger partial charge in [-0.3, -0.25) is 19.3 Å². The summed E-state index contributed by atoms with van der Waals surface area (Å²) in [5, 5.41) is 14.1. The molecule has 0 bridgehead atoms. The molecule has 1 aromatic rings. The Labute approximate surface area is 165 Å². The van der Waals surface area contributed by atoms with E-state index in [-0.39, 0.29) is 53.4 Å². The highest BCUT2D eigenvalue weighted by atomic mass is 32.2. The number of nitrogens with zero attached hydrogens (tertiary/aromatic N) is 2. The highest BCUT2D eigenvalue weighted by Crippen LogP contribution is 2.18. The van der Waals surface area contributed by atoms with Crippen molar-refractivity contribution in [3.8, 4) is 6.07 Å². The molecular weight excluding hydrogens is 384 g/mol. The number of carbonyl (C=O) groups is 4. The van der Waals surface area contributed by atoms with Gasteiger partial charge < -0.3 is 15.4 Å². The number of hydrogen-bond acceptors (Lipinski definition) is 8. The fourth-order valence-corrected chi connectivity index (χ4v) is 3.02. The van der Waals surface area contributed by atoms with Gasteiger partial charge in [0.15, 0.2) is 0 Å². The molecule has 10 heteroatoms. The molecule has 1 aliphatic rings. The van der Waals surface area contributed by atoms with Crippen LogP contribution in [0.5, 0.6) is 0 Å². The molecule has 146 valence electrons. The van der Waals surface area contributed by atoms with Crippen LogP contribution in [0.3, 0.4) is 0 Å². The summed E-state index contributed by atoms with van der Waals surface area (Å²) < 4.78 is 4.94. The lowest BCUT2D eigenvalue weighted by Crippen LogP contribution is -2.34. The molecule has 0 aliphatic carbocycles. The molecule has 0 aromatic heterocycles. The Morgan fingerprint density at radius 1 is 1.36 bits per heavy atom. The Kier molecular flexibility index (Phi) is 7.59. The first kappa shape index (κ1) is 21.0. The summed E-state index contributed by atoms with van der Waals surface area (Å²) >= 11 is 0.936. The minimum Gasteiger partial charge on any atom is -0.462 e. The van der Waals surface area contributed by atoms with Crippen LogP contribution in [-0.4, -0.2) is 53.4 Å². The summed E-state index contributed by atoms with van der Waals surface area (Å²) in [7, 11) is 0. The zero-order valence-electron chi connectivity index (χ0n) is 15.1. The van der Waals surface area contributed by atoms with E-state index in [1.807, 2.05) is 0 Å². The lowest BCUT2D eigenvalue weighted by molar-refractivity contribution is -0.124. The van der Waals surface area contributed by atoms with Gasteiger partial charge >= 0.3 is 5.97 Å². The number of anilines is 1. The third kappa shape index (κ3) is 5.34. The first-order valence-electron chi connectivity index (χ1n) is 8.36. The van der Waals surface area contributed by atoms with Crippen LogP contribution in [0.15, 0.2) is 36.0 Å². The van der Waals surface area contributed by atoms with E-state index in [4.69, 9.17) is 4.74 Å². The number of nitriles is 1. The largest absolute Gasteiger partial charge is 0.462 e. The number of para-hydroxylation sites is 1. The third-order valence-corrected chi connectivity index (χ3v) is 4.46. The maximum Gasteiger partial charge on any atom is 0.340 e. The quantitative estimate of drug-likeness (QED) is 0.290. The maximum absolute atomic E-state index is 12.3. The van der Waals surface area contributed by atoms with Crippen LogP contribution in [0, 0.1) is 11.3 Å². The molecule has 0 saturated carbocycles.